The van der Waals surface area contributed by atoms with Gasteiger partial charge in [-0.05, 0) is 43.2 Å². The first kappa shape index (κ1) is 23.3. The van der Waals surface area contributed by atoms with Gasteiger partial charge in [-0.2, -0.15) is 4.72 Å². The van der Waals surface area contributed by atoms with Gasteiger partial charge in [-0.15, -0.1) is 0 Å². The first-order valence-corrected chi connectivity index (χ1v) is 10.3. The van der Waals surface area contributed by atoms with E-state index in [0.29, 0.717) is 0 Å². The molecule has 1 amide bonds. The van der Waals surface area contributed by atoms with Crippen molar-refractivity contribution < 1.29 is 27.7 Å². The minimum absolute atomic E-state index is 0.00366. The van der Waals surface area contributed by atoms with Gasteiger partial charge in [-0.1, -0.05) is 17.7 Å². The monoisotopic (exact) mass is 455 g/mol. The highest BCUT2D eigenvalue weighted by atomic mass is 35.5. The fraction of sp³-hybridized carbons (Fsp3) is 0.222. The van der Waals surface area contributed by atoms with Crippen LogP contribution in [0.4, 0.5) is 11.4 Å². The molecule has 160 valence electrons. The van der Waals surface area contributed by atoms with Crippen molar-refractivity contribution in [2.45, 2.75) is 18.7 Å². The number of carbonyl (C=O) groups is 2. The van der Waals surface area contributed by atoms with Crippen LogP contribution in [-0.4, -0.2) is 38.4 Å². The number of carbonyl (C=O) groups excluding carboxylic acids is 2. The molecule has 0 unspecified atom stereocenters. The first-order chi connectivity index (χ1) is 14.0. The molecule has 0 saturated carbocycles. The standard InChI is InChI=1S/C18H18ClN3O7S/c1-11-3-5-14(7-12(11)2)30(27,28)20-9-18(24)29-10-17(23)21-16-6-4-13(22(25)26)8-15(16)19/h3-8,20H,9-10H2,1-2H3,(H,21,23). The second kappa shape index (κ2) is 9.65. The Bertz CT molecular complexity index is 1100. The van der Waals surface area contributed by atoms with Crippen LogP contribution in [0.3, 0.4) is 0 Å². The van der Waals surface area contributed by atoms with Gasteiger partial charge in [0.2, 0.25) is 10.0 Å². The van der Waals surface area contributed by atoms with Crippen molar-refractivity contribution in [3.8, 4) is 0 Å². The fourth-order valence-corrected chi connectivity index (χ4v) is 3.50. The van der Waals surface area contributed by atoms with Crippen molar-refractivity contribution in [3.05, 3.63) is 62.7 Å². The molecule has 0 heterocycles. The predicted octanol–water partition coefficient (Wildman–Crippen LogP) is 2.33. The maximum atomic E-state index is 12.2. The van der Waals surface area contributed by atoms with E-state index in [2.05, 4.69) is 10.0 Å². The van der Waals surface area contributed by atoms with Crippen LogP contribution in [0.2, 0.25) is 5.02 Å². The van der Waals surface area contributed by atoms with Gasteiger partial charge < -0.3 is 10.1 Å². The van der Waals surface area contributed by atoms with Crippen LogP contribution in [0, 0.1) is 24.0 Å². The molecule has 2 aromatic rings. The van der Waals surface area contributed by atoms with Gasteiger partial charge in [0.25, 0.3) is 11.6 Å². The number of aryl methyl sites for hydroxylation is 2. The highest BCUT2D eigenvalue weighted by Crippen LogP contribution is 2.26. The number of esters is 1. The molecule has 0 saturated heterocycles. The SMILES string of the molecule is Cc1ccc(S(=O)(=O)NCC(=O)OCC(=O)Nc2ccc([N+](=O)[O-])cc2Cl)cc1C. The summed E-state index contributed by atoms with van der Waals surface area (Å²) < 4.78 is 31.3. The summed E-state index contributed by atoms with van der Waals surface area (Å²) >= 11 is 5.86. The van der Waals surface area contributed by atoms with Gasteiger partial charge in [-0.25, -0.2) is 8.42 Å². The summed E-state index contributed by atoms with van der Waals surface area (Å²) in [4.78, 5) is 33.7. The van der Waals surface area contributed by atoms with Crippen LogP contribution in [0.5, 0.6) is 0 Å². The number of amides is 1. The summed E-state index contributed by atoms with van der Waals surface area (Å²) in [5, 5.41) is 12.9. The van der Waals surface area contributed by atoms with Crippen LogP contribution in [0.25, 0.3) is 0 Å². The second-order valence-electron chi connectivity index (χ2n) is 6.20. The lowest BCUT2D eigenvalue weighted by Crippen LogP contribution is -2.32. The maximum absolute atomic E-state index is 12.2. The first-order valence-electron chi connectivity index (χ1n) is 8.46. The predicted molar refractivity (Wildman–Crippen MR) is 109 cm³/mol. The van der Waals surface area contributed by atoms with E-state index in [1.54, 1.807) is 13.0 Å². The van der Waals surface area contributed by atoms with E-state index in [-0.39, 0.29) is 21.3 Å². The Kier molecular flexibility index (Phi) is 7.48. The third-order valence-electron chi connectivity index (χ3n) is 4.00. The highest BCUT2D eigenvalue weighted by Gasteiger charge is 2.18. The summed E-state index contributed by atoms with van der Waals surface area (Å²) in [5.74, 6) is -1.72. The van der Waals surface area contributed by atoms with Crippen LogP contribution in [0.15, 0.2) is 41.3 Å². The molecule has 0 spiro atoms. The molecule has 0 aromatic heterocycles. The summed E-state index contributed by atoms with van der Waals surface area (Å²) in [5.41, 5.74) is 1.55. The van der Waals surface area contributed by atoms with E-state index in [9.17, 15) is 28.1 Å². The maximum Gasteiger partial charge on any atom is 0.321 e. The molecule has 2 aromatic carbocycles. The zero-order valence-corrected chi connectivity index (χ0v) is 17.5. The van der Waals surface area contributed by atoms with E-state index in [1.165, 1.54) is 18.2 Å². The number of halogens is 1. The number of hydrogen-bond acceptors (Lipinski definition) is 7. The molecule has 12 heteroatoms. The van der Waals surface area contributed by atoms with E-state index in [1.807, 2.05) is 6.92 Å². The number of hydrogen-bond donors (Lipinski definition) is 2. The largest absolute Gasteiger partial charge is 0.455 e. The van der Waals surface area contributed by atoms with E-state index in [0.717, 1.165) is 23.3 Å². The third-order valence-corrected chi connectivity index (χ3v) is 5.71. The average Bonchev–Trinajstić information content (AvgIpc) is 2.68. The Labute approximate surface area is 177 Å². The molecule has 0 atom stereocenters. The fourth-order valence-electron chi connectivity index (χ4n) is 2.22. The topological polar surface area (TPSA) is 145 Å². The Morgan fingerprint density at radius 1 is 1.13 bits per heavy atom. The number of anilines is 1. The van der Waals surface area contributed by atoms with E-state index < -0.39 is 40.0 Å². The van der Waals surface area contributed by atoms with Gasteiger partial charge in [0, 0.05) is 12.1 Å². The molecule has 30 heavy (non-hydrogen) atoms. The Balaban J connectivity index is 1.86. The summed E-state index contributed by atoms with van der Waals surface area (Å²) in [6.45, 7) is 2.24. The Hall–Kier alpha value is -3.02. The quantitative estimate of drug-likeness (QED) is 0.353. The van der Waals surface area contributed by atoms with Crippen molar-refractivity contribution >= 4 is 44.9 Å². The van der Waals surface area contributed by atoms with Crippen molar-refractivity contribution in [1.29, 1.82) is 0 Å². The van der Waals surface area contributed by atoms with Gasteiger partial charge in [0.15, 0.2) is 6.61 Å². The van der Waals surface area contributed by atoms with E-state index in [4.69, 9.17) is 16.3 Å². The molecule has 0 radical (unpaired) electrons. The second-order valence-corrected chi connectivity index (χ2v) is 8.37. The molecule has 0 fully saturated rings. The Morgan fingerprint density at radius 2 is 1.83 bits per heavy atom. The molecular weight excluding hydrogens is 438 g/mol. The number of nitro groups is 1. The minimum atomic E-state index is -3.92. The molecular formula is C18H18ClN3O7S. The van der Waals surface area contributed by atoms with E-state index >= 15 is 0 Å². The smallest absolute Gasteiger partial charge is 0.321 e. The molecule has 10 nitrogen and oxygen atoms in total. The number of nitrogens with one attached hydrogen (secondary N) is 2. The van der Waals surface area contributed by atoms with Crippen molar-refractivity contribution in [3.63, 3.8) is 0 Å². The number of sulfonamides is 1. The average molecular weight is 456 g/mol. The molecule has 0 aliphatic carbocycles. The molecule has 0 aliphatic rings. The zero-order chi connectivity index (χ0) is 22.5. The van der Waals surface area contributed by atoms with Gasteiger partial charge in [0.05, 0.1) is 20.5 Å². The van der Waals surface area contributed by atoms with Crippen LogP contribution in [-0.2, 0) is 24.3 Å². The number of nitrogens with zero attached hydrogens (tertiary/aromatic N) is 1. The number of benzene rings is 2. The van der Waals surface area contributed by atoms with Crippen LogP contribution >= 0.6 is 11.6 Å². The van der Waals surface area contributed by atoms with Crippen molar-refractivity contribution in [2.75, 3.05) is 18.5 Å². The van der Waals surface area contributed by atoms with Crippen LogP contribution in [0.1, 0.15) is 11.1 Å². The minimum Gasteiger partial charge on any atom is -0.455 e. The lowest BCUT2D eigenvalue weighted by Gasteiger charge is -2.10. The van der Waals surface area contributed by atoms with Gasteiger partial charge in [0.1, 0.15) is 6.54 Å². The molecule has 2 N–H and O–H groups in total. The number of ether oxygens (including phenoxy) is 1. The number of rotatable bonds is 8. The third kappa shape index (κ3) is 6.24. The summed E-state index contributed by atoms with van der Waals surface area (Å²) in [6, 6.07) is 7.98. The number of nitro benzene ring substituents is 1. The Morgan fingerprint density at radius 3 is 2.43 bits per heavy atom. The molecule has 0 aliphatic heterocycles. The van der Waals surface area contributed by atoms with Crippen molar-refractivity contribution in [2.24, 2.45) is 0 Å². The lowest BCUT2D eigenvalue weighted by atomic mass is 10.1. The normalized spacial score (nSPS) is 11.0. The molecule has 0 bridgehead atoms. The summed E-state index contributed by atoms with van der Waals surface area (Å²) in [7, 11) is -3.92. The lowest BCUT2D eigenvalue weighted by molar-refractivity contribution is -0.384. The van der Waals surface area contributed by atoms with Gasteiger partial charge in [-0.3, -0.25) is 19.7 Å². The van der Waals surface area contributed by atoms with Gasteiger partial charge >= 0.3 is 5.97 Å². The number of non-ortho nitro benzene ring substituents is 1. The molecule has 2 rings (SSSR count). The summed E-state index contributed by atoms with van der Waals surface area (Å²) in [6.07, 6.45) is 0. The van der Waals surface area contributed by atoms with Crippen LogP contribution < -0.4 is 10.0 Å². The van der Waals surface area contributed by atoms with Crippen molar-refractivity contribution in [1.82, 2.24) is 4.72 Å². The highest BCUT2D eigenvalue weighted by molar-refractivity contribution is 7.89. The zero-order valence-electron chi connectivity index (χ0n) is 16.0.